The van der Waals surface area contributed by atoms with Crippen molar-refractivity contribution >= 4 is 23.5 Å². The lowest BCUT2D eigenvalue weighted by Gasteiger charge is -2.34. The van der Waals surface area contributed by atoms with E-state index in [9.17, 15) is 4.79 Å². The first-order chi connectivity index (χ1) is 16.3. The van der Waals surface area contributed by atoms with Crippen LogP contribution in [-0.2, 0) is 10.5 Å². The van der Waals surface area contributed by atoms with E-state index in [0.717, 1.165) is 33.9 Å². The van der Waals surface area contributed by atoms with Crippen molar-refractivity contribution in [1.82, 2.24) is 19.7 Å². The number of furan rings is 1. The summed E-state index contributed by atoms with van der Waals surface area (Å²) >= 11 is 1.56. The molecule has 2 aliphatic rings. The quantitative estimate of drug-likeness (QED) is 0.425. The van der Waals surface area contributed by atoms with Crippen molar-refractivity contribution in [3.63, 3.8) is 0 Å². The van der Waals surface area contributed by atoms with E-state index in [2.05, 4.69) is 10.3 Å². The minimum atomic E-state index is -0.303. The number of pyridine rings is 1. The minimum absolute atomic E-state index is 0.0177. The van der Waals surface area contributed by atoms with Crippen molar-refractivity contribution in [2.24, 2.45) is 0 Å². The zero-order valence-electron chi connectivity index (χ0n) is 17.7. The van der Waals surface area contributed by atoms with Gasteiger partial charge in [0.05, 0.1) is 6.26 Å². The second kappa shape index (κ2) is 8.37. The summed E-state index contributed by atoms with van der Waals surface area (Å²) in [6.45, 7) is 0. The van der Waals surface area contributed by atoms with Crippen LogP contribution in [0.3, 0.4) is 0 Å². The smallest absolute Gasteiger partial charge is 0.227 e. The fraction of sp³-hybridized carbons (Fsp3) is 0.200. The molecule has 2 atom stereocenters. The normalized spacial score (nSPS) is 19.7. The zero-order chi connectivity index (χ0) is 22.2. The first-order valence-corrected chi connectivity index (χ1v) is 11.8. The van der Waals surface area contributed by atoms with Crippen LogP contribution in [0.25, 0.3) is 0 Å². The summed E-state index contributed by atoms with van der Waals surface area (Å²) in [4.78, 5) is 22.4. The van der Waals surface area contributed by atoms with E-state index in [0.29, 0.717) is 23.9 Å². The van der Waals surface area contributed by atoms with E-state index in [1.807, 2.05) is 65.5 Å². The molecule has 1 aromatic carbocycles. The van der Waals surface area contributed by atoms with Gasteiger partial charge in [0.2, 0.25) is 11.1 Å². The maximum Gasteiger partial charge on any atom is 0.227 e. The SMILES string of the molecule is O=C1C[C@H](c2ccco2)CC2=C1[C@@H](c1ccccc1)n1nc(SCc3cccnc3)nc1N2. The number of nitrogens with one attached hydrogen (secondary N) is 1. The summed E-state index contributed by atoms with van der Waals surface area (Å²) in [5.74, 6) is 2.35. The van der Waals surface area contributed by atoms with Gasteiger partial charge in [-0.3, -0.25) is 9.78 Å². The second-order valence-electron chi connectivity index (χ2n) is 8.19. The van der Waals surface area contributed by atoms with Gasteiger partial charge in [0.15, 0.2) is 5.78 Å². The van der Waals surface area contributed by atoms with Gasteiger partial charge in [-0.25, -0.2) is 4.68 Å². The van der Waals surface area contributed by atoms with Crippen molar-refractivity contribution in [3.05, 3.63) is 101 Å². The molecular weight excluding hydrogens is 434 g/mol. The lowest BCUT2D eigenvalue weighted by Crippen LogP contribution is -2.33. The van der Waals surface area contributed by atoms with Gasteiger partial charge in [-0.2, -0.15) is 4.98 Å². The Labute approximate surface area is 194 Å². The summed E-state index contributed by atoms with van der Waals surface area (Å²) < 4.78 is 7.47. The number of aromatic nitrogens is 4. The molecular formula is C25H21N5O2S. The van der Waals surface area contributed by atoms with Crippen LogP contribution < -0.4 is 5.32 Å². The highest BCUT2D eigenvalue weighted by molar-refractivity contribution is 7.98. The molecule has 4 heterocycles. The molecule has 1 N–H and O–H groups in total. The number of hydrogen-bond acceptors (Lipinski definition) is 7. The van der Waals surface area contributed by atoms with E-state index >= 15 is 0 Å². The van der Waals surface area contributed by atoms with Gasteiger partial charge in [-0.15, -0.1) is 5.10 Å². The maximum absolute atomic E-state index is 13.4. The van der Waals surface area contributed by atoms with Crippen LogP contribution in [0.4, 0.5) is 5.95 Å². The molecule has 1 aliphatic carbocycles. The zero-order valence-corrected chi connectivity index (χ0v) is 18.5. The van der Waals surface area contributed by atoms with Crippen molar-refractivity contribution in [3.8, 4) is 0 Å². The molecule has 0 spiro atoms. The lowest BCUT2D eigenvalue weighted by molar-refractivity contribution is -0.117. The summed E-state index contributed by atoms with van der Waals surface area (Å²) in [6, 6.07) is 17.5. The van der Waals surface area contributed by atoms with Crippen LogP contribution in [-0.4, -0.2) is 25.5 Å². The molecule has 6 rings (SSSR count). The van der Waals surface area contributed by atoms with Gasteiger partial charge in [0, 0.05) is 41.8 Å². The molecule has 164 valence electrons. The highest BCUT2D eigenvalue weighted by Gasteiger charge is 2.40. The number of carbonyl (C=O) groups is 1. The predicted molar refractivity (Wildman–Crippen MR) is 125 cm³/mol. The van der Waals surface area contributed by atoms with Crippen LogP contribution >= 0.6 is 11.8 Å². The van der Waals surface area contributed by atoms with Crippen molar-refractivity contribution in [1.29, 1.82) is 0 Å². The van der Waals surface area contributed by atoms with Gasteiger partial charge >= 0.3 is 0 Å². The number of Topliss-reactive ketones (excluding diaryl/α,β-unsaturated/α-hetero) is 1. The summed E-state index contributed by atoms with van der Waals surface area (Å²) in [5.41, 5.74) is 3.80. The van der Waals surface area contributed by atoms with Gasteiger partial charge in [0.25, 0.3) is 0 Å². The van der Waals surface area contributed by atoms with Crippen LogP contribution in [0.1, 0.15) is 41.7 Å². The molecule has 3 aromatic heterocycles. The molecule has 0 fully saturated rings. The number of ketones is 1. The van der Waals surface area contributed by atoms with E-state index in [4.69, 9.17) is 14.5 Å². The van der Waals surface area contributed by atoms with Crippen molar-refractivity contribution in [2.75, 3.05) is 5.32 Å². The number of fused-ring (bicyclic) bond motifs is 1. The third-order valence-corrected chi connectivity index (χ3v) is 6.96. The number of nitrogens with zero attached hydrogens (tertiary/aromatic N) is 4. The fourth-order valence-electron chi connectivity index (χ4n) is 4.55. The molecule has 7 nitrogen and oxygen atoms in total. The third-order valence-electron chi connectivity index (χ3n) is 6.05. The van der Waals surface area contributed by atoms with Gasteiger partial charge < -0.3 is 9.73 Å². The van der Waals surface area contributed by atoms with E-state index in [1.165, 1.54) is 0 Å². The van der Waals surface area contributed by atoms with E-state index in [1.54, 1.807) is 24.2 Å². The average molecular weight is 456 g/mol. The van der Waals surface area contributed by atoms with Crippen molar-refractivity contribution in [2.45, 2.75) is 35.7 Å². The Balaban J connectivity index is 1.37. The summed E-state index contributed by atoms with van der Waals surface area (Å²) in [5, 5.41) is 8.88. The first kappa shape index (κ1) is 20.0. The Morgan fingerprint density at radius 3 is 2.79 bits per heavy atom. The minimum Gasteiger partial charge on any atom is -0.469 e. The van der Waals surface area contributed by atoms with Crippen LogP contribution in [0.15, 0.2) is 94.1 Å². The van der Waals surface area contributed by atoms with Gasteiger partial charge in [0.1, 0.15) is 11.8 Å². The van der Waals surface area contributed by atoms with Crippen molar-refractivity contribution < 1.29 is 9.21 Å². The van der Waals surface area contributed by atoms with E-state index in [-0.39, 0.29) is 17.7 Å². The van der Waals surface area contributed by atoms with Crippen LogP contribution in [0.5, 0.6) is 0 Å². The molecule has 0 saturated heterocycles. The lowest BCUT2D eigenvalue weighted by atomic mass is 9.79. The number of hydrogen-bond donors (Lipinski definition) is 1. The maximum atomic E-state index is 13.4. The topological polar surface area (TPSA) is 85.8 Å². The third kappa shape index (κ3) is 3.76. The molecule has 0 unspecified atom stereocenters. The Kier molecular flexibility index (Phi) is 5.07. The Morgan fingerprint density at radius 2 is 2.00 bits per heavy atom. The summed E-state index contributed by atoms with van der Waals surface area (Å²) in [6.07, 6.45) is 6.39. The first-order valence-electron chi connectivity index (χ1n) is 10.9. The van der Waals surface area contributed by atoms with E-state index < -0.39 is 0 Å². The highest BCUT2D eigenvalue weighted by Crippen LogP contribution is 2.44. The predicted octanol–water partition coefficient (Wildman–Crippen LogP) is 4.97. The number of anilines is 1. The fourth-order valence-corrected chi connectivity index (χ4v) is 5.32. The molecule has 4 aromatic rings. The van der Waals surface area contributed by atoms with Crippen LogP contribution in [0.2, 0.25) is 0 Å². The second-order valence-corrected chi connectivity index (χ2v) is 9.13. The van der Waals surface area contributed by atoms with Gasteiger partial charge in [-0.05, 0) is 35.7 Å². The Hall–Kier alpha value is -3.65. The van der Waals surface area contributed by atoms with Gasteiger partial charge in [-0.1, -0.05) is 48.2 Å². The number of carbonyl (C=O) groups excluding carboxylic acids is 1. The molecule has 0 saturated carbocycles. The Bertz CT molecular complexity index is 1320. The molecule has 0 amide bonds. The number of thioether (sulfide) groups is 1. The molecule has 33 heavy (non-hydrogen) atoms. The standard InChI is InChI=1S/C25H21N5O2S/c31-20-13-18(21-9-5-11-32-21)12-19-22(20)23(17-7-2-1-3-8-17)30-24(27-19)28-25(29-30)33-15-16-6-4-10-26-14-16/h1-11,14,18,23H,12-13,15H2,(H,27,28,29)/t18-,23-/m1/s1. The molecule has 1 aliphatic heterocycles. The Morgan fingerprint density at radius 1 is 1.09 bits per heavy atom. The largest absolute Gasteiger partial charge is 0.469 e. The molecule has 0 radical (unpaired) electrons. The highest BCUT2D eigenvalue weighted by atomic mass is 32.2. The number of benzene rings is 1. The summed E-state index contributed by atoms with van der Waals surface area (Å²) in [7, 11) is 0. The number of rotatable bonds is 5. The number of allylic oxidation sites excluding steroid dienone is 2. The molecule has 8 heteroatoms. The monoisotopic (exact) mass is 455 g/mol. The van der Waals surface area contributed by atoms with Crippen LogP contribution in [0, 0.1) is 0 Å². The molecule has 0 bridgehead atoms. The average Bonchev–Trinajstić information content (AvgIpc) is 3.52.